The quantitative estimate of drug-likeness (QED) is 0.901. The van der Waals surface area contributed by atoms with Gasteiger partial charge in [-0.05, 0) is 48.2 Å². The zero-order valence-electron chi connectivity index (χ0n) is 12.3. The maximum Gasteiger partial charge on any atom is 0.139 e. The molecule has 2 rings (SSSR count). The Morgan fingerprint density at radius 1 is 1.00 bits per heavy atom. The summed E-state index contributed by atoms with van der Waals surface area (Å²) < 4.78 is 6.10. The molecule has 2 aromatic rings. The Kier molecular flexibility index (Phi) is 4.74. The molecule has 20 heavy (non-hydrogen) atoms. The van der Waals surface area contributed by atoms with Crippen LogP contribution in [0.5, 0.6) is 5.75 Å². The predicted molar refractivity (Wildman–Crippen MR) is 81.8 cm³/mol. The Labute approximate surface area is 120 Å². The molecule has 2 atom stereocenters. The second-order valence-electron chi connectivity index (χ2n) is 5.41. The van der Waals surface area contributed by atoms with Crippen LogP contribution in [0, 0.1) is 0 Å². The van der Waals surface area contributed by atoms with Crippen LogP contribution in [0.1, 0.15) is 43.9 Å². The van der Waals surface area contributed by atoms with Crippen molar-refractivity contribution < 1.29 is 4.74 Å². The van der Waals surface area contributed by atoms with Crippen molar-refractivity contribution in [3.63, 3.8) is 0 Å². The molecule has 0 aliphatic heterocycles. The monoisotopic (exact) mass is 270 g/mol. The predicted octanol–water partition coefficient (Wildman–Crippen LogP) is 3.67. The van der Waals surface area contributed by atoms with E-state index in [9.17, 15) is 0 Å². The fourth-order valence-electron chi connectivity index (χ4n) is 2.13. The van der Waals surface area contributed by atoms with Crippen LogP contribution in [0.3, 0.4) is 0 Å². The van der Waals surface area contributed by atoms with Crippen LogP contribution >= 0.6 is 0 Å². The van der Waals surface area contributed by atoms with E-state index in [1.807, 2.05) is 31.2 Å². The summed E-state index contributed by atoms with van der Waals surface area (Å²) in [5, 5.41) is 0. The largest absolute Gasteiger partial charge is 0.484 e. The van der Waals surface area contributed by atoms with E-state index in [0.29, 0.717) is 5.92 Å². The van der Waals surface area contributed by atoms with Gasteiger partial charge in [-0.3, -0.25) is 4.98 Å². The van der Waals surface area contributed by atoms with Crippen molar-refractivity contribution in [2.45, 2.75) is 38.8 Å². The summed E-state index contributed by atoms with van der Waals surface area (Å²) >= 11 is 0. The van der Waals surface area contributed by atoms with Crippen LogP contribution in [0.25, 0.3) is 0 Å². The van der Waals surface area contributed by atoms with Crippen LogP contribution in [-0.2, 0) is 0 Å². The molecule has 2 unspecified atom stereocenters. The molecule has 1 aromatic heterocycles. The Bertz CT molecular complexity index is 538. The van der Waals surface area contributed by atoms with Gasteiger partial charge in [0.05, 0.1) is 0 Å². The highest BCUT2D eigenvalue weighted by Gasteiger charge is 2.18. The van der Waals surface area contributed by atoms with Crippen LogP contribution in [0.15, 0.2) is 48.8 Å². The third-order valence-electron chi connectivity index (χ3n) is 3.30. The van der Waals surface area contributed by atoms with Gasteiger partial charge in [0, 0.05) is 18.4 Å². The van der Waals surface area contributed by atoms with E-state index in [1.165, 1.54) is 5.56 Å². The highest BCUT2D eigenvalue weighted by Crippen LogP contribution is 2.26. The molecule has 2 N–H and O–H groups in total. The zero-order valence-corrected chi connectivity index (χ0v) is 12.3. The average molecular weight is 270 g/mol. The molecule has 0 saturated carbocycles. The summed E-state index contributed by atoms with van der Waals surface area (Å²) in [7, 11) is 0. The number of rotatable bonds is 5. The van der Waals surface area contributed by atoms with Gasteiger partial charge >= 0.3 is 0 Å². The van der Waals surface area contributed by atoms with Gasteiger partial charge in [0.1, 0.15) is 11.9 Å². The van der Waals surface area contributed by atoms with Crippen molar-refractivity contribution in [3.05, 3.63) is 59.9 Å². The van der Waals surface area contributed by atoms with Gasteiger partial charge in [-0.25, -0.2) is 0 Å². The lowest BCUT2D eigenvalue weighted by Crippen LogP contribution is -2.29. The van der Waals surface area contributed by atoms with Crippen LogP contribution in [-0.4, -0.2) is 11.0 Å². The number of nitrogens with two attached hydrogens (primary N) is 1. The molecular formula is C17H22N2O. The summed E-state index contributed by atoms with van der Waals surface area (Å²) in [6, 6.07) is 12.0. The Morgan fingerprint density at radius 3 is 2.30 bits per heavy atom. The first-order valence-electron chi connectivity index (χ1n) is 7.00. The van der Waals surface area contributed by atoms with E-state index in [1.54, 1.807) is 12.4 Å². The van der Waals surface area contributed by atoms with Crippen molar-refractivity contribution in [2.75, 3.05) is 0 Å². The van der Waals surface area contributed by atoms with Crippen LogP contribution < -0.4 is 10.5 Å². The molecule has 1 aromatic carbocycles. The summed E-state index contributed by atoms with van der Waals surface area (Å²) in [4.78, 5) is 4.04. The first kappa shape index (κ1) is 14.5. The smallest absolute Gasteiger partial charge is 0.139 e. The number of hydrogen-bond acceptors (Lipinski definition) is 3. The van der Waals surface area contributed by atoms with Crippen LogP contribution in [0.2, 0.25) is 0 Å². The van der Waals surface area contributed by atoms with Gasteiger partial charge in [0.25, 0.3) is 0 Å². The summed E-state index contributed by atoms with van der Waals surface area (Å²) in [5.41, 5.74) is 8.38. The summed E-state index contributed by atoms with van der Waals surface area (Å²) in [6.07, 6.45) is 3.36. The molecule has 0 spiro atoms. The standard InChI is InChI=1S/C17H22N2O/c1-12(2)15-5-4-6-16(11-15)20-17(13(3)18)14-7-9-19-10-8-14/h4-13,17H,18H2,1-3H3. The van der Waals surface area contributed by atoms with Crippen molar-refractivity contribution in [2.24, 2.45) is 5.73 Å². The van der Waals surface area contributed by atoms with Gasteiger partial charge in [0.15, 0.2) is 0 Å². The van der Waals surface area contributed by atoms with E-state index >= 15 is 0 Å². The number of nitrogens with zero attached hydrogens (tertiary/aromatic N) is 1. The lowest BCUT2D eigenvalue weighted by molar-refractivity contribution is 0.180. The van der Waals surface area contributed by atoms with E-state index in [0.717, 1.165) is 11.3 Å². The number of ether oxygens (including phenoxy) is 1. The molecule has 0 fully saturated rings. The van der Waals surface area contributed by atoms with Gasteiger partial charge < -0.3 is 10.5 Å². The molecule has 0 aliphatic carbocycles. The van der Waals surface area contributed by atoms with E-state index < -0.39 is 0 Å². The lowest BCUT2D eigenvalue weighted by atomic mass is 10.0. The fourth-order valence-corrected chi connectivity index (χ4v) is 2.13. The minimum absolute atomic E-state index is 0.0971. The first-order valence-corrected chi connectivity index (χ1v) is 7.00. The highest BCUT2D eigenvalue weighted by molar-refractivity contribution is 5.31. The van der Waals surface area contributed by atoms with E-state index in [4.69, 9.17) is 10.5 Å². The molecule has 0 radical (unpaired) electrons. The van der Waals surface area contributed by atoms with Gasteiger partial charge in [-0.1, -0.05) is 26.0 Å². The molecule has 0 aliphatic rings. The van der Waals surface area contributed by atoms with Crippen molar-refractivity contribution in [3.8, 4) is 5.75 Å². The topological polar surface area (TPSA) is 48.1 Å². The van der Waals surface area contributed by atoms with Gasteiger partial charge in [-0.15, -0.1) is 0 Å². The lowest BCUT2D eigenvalue weighted by Gasteiger charge is -2.23. The highest BCUT2D eigenvalue weighted by atomic mass is 16.5. The number of hydrogen-bond donors (Lipinski definition) is 1. The average Bonchev–Trinajstić information content (AvgIpc) is 2.45. The van der Waals surface area contributed by atoms with Crippen molar-refractivity contribution in [1.82, 2.24) is 4.98 Å². The normalized spacial score (nSPS) is 14.1. The van der Waals surface area contributed by atoms with Crippen molar-refractivity contribution in [1.29, 1.82) is 0 Å². The minimum Gasteiger partial charge on any atom is -0.484 e. The molecule has 3 heteroatoms. The molecule has 106 valence electrons. The molecule has 0 saturated heterocycles. The number of benzene rings is 1. The van der Waals surface area contributed by atoms with Gasteiger partial charge in [-0.2, -0.15) is 0 Å². The summed E-state index contributed by atoms with van der Waals surface area (Å²) in [6.45, 7) is 6.30. The Morgan fingerprint density at radius 2 is 1.70 bits per heavy atom. The second kappa shape index (κ2) is 6.53. The Balaban J connectivity index is 2.23. The van der Waals surface area contributed by atoms with E-state index in [2.05, 4.69) is 31.0 Å². The third kappa shape index (κ3) is 3.58. The van der Waals surface area contributed by atoms with Gasteiger partial charge in [0.2, 0.25) is 0 Å². The first-order chi connectivity index (χ1) is 9.58. The maximum absolute atomic E-state index is 6.10. The molecule has 3 nitrogen and oxygen atoms in total. The van der Waals surface area contributed by atoms with Crippen molar-refractivity contribution >= 4 is 0 Å². The second-order valence-corrected chi connectivity index (χ2v) is 5.41. The molecule has 1 heterocycles. The SMILES string of the molecule is CC(C)c1cccc(OC(c2ccncc2)C(C)N)c1. The maximum atomic E-state index is 6.10. The third-order valence-corrected chi connectivity index (χ3v) is 3.30. The Hall–Kier alpha value is -1.87. The number of pyridine rings is 1. The fraction of sp³-hybridized carbons (Fsp3) is 0.353. The molecular weight excluding hydrogens is 248 g/mol. The minimum atomic E-state index is -0.166. The van der Waals surface area contributed by atoms with E-state index in [-0.39, 0.29) is 12.1 Å². The zero-order chi connectivity index (χ0) is 14.5. The molecule has 0 amide bonds. The summed E-state index contributed by atoms with van der Waals surface area (Å²) in [5.74, 6) is 1.34. The van der Waals surface area contributed by atoms with Crippen LogP contribution in [0.4, 0.5) is 0 Å². The molecule has 0 bridgehead atoms. The number of aromatic nitrogens is 1.